The van der Waals surface area contributed by atoms with E-state index in [9.17, 15) is 9.00 Å². The van der Waals surface area contributed by atoms with Crippen LogP contribution in [0.15, 0.2) is 24.3 Å². The van der Waals surface area contributed by atoms with Crippen molar-refractivity contribution in [3.05, 3.63) is 35.4 Å². The SMILES string of the molecule is CS(=O)CCNC(=O)c1cccc(C#CCCO)c1. The molecule has 0 saturated heterocycles. The van der Waals surface area contributed by atoms with Gasteiger partial charge in [0.15, 0.2) is 0 Å². The molecule has 4 nitrogen and oxygen atoms in total. The Hall–Kier alpha value is -1.64. The highest BCUT2D eigenvalue weighted by Gasteiger charge is 2.05. The Morgan fingerprint density at radius 1 is 1.47 bits per heavy atom. The van der Waals surface area contributed by atoms with Crippen LogP contribution in [-0.4, -0.2) is 40.4 Å². The minimum absolute atomic E-state index is 0.0291. The Labute approximate surface area is 115 Å². The minimum Gasteiger partial charge on any atom is -0.395 e. The van der Waals surface area contributed by atoms with Crippen molar-refractivity contribution in [3.8, 4) is 11.8 Å². The lowest BCUT2D eigenvalue weighted by atomic mass is 10.1. The average molecular weight is 279 g/mol. The summed E-state index contributed by atoms with van der Waals surface area (Å²) in [5.74, 6) is 5.93. The van der Waals surface area contributed by atoms with Crippen molar-refractivity contribution in [2.24, 2.45) is 0 Å². The van der Waals surface area contributed by atoms with Gasteiger partial charge in [0.1, 0.15) is 0 Å². The molecule has 0 aliphatic heterocycles. The maximum absolute atomic E-state index is 11.8. The fourth-order valence-corrected chi connectivity index (χ4v) is 1.76. The normalized spacial score (nSPS) is 11.3. The molecule has 1 aromatic carbocycles. The summed E-state index contributed by atoms with van der Waals surface area (Å²) < 4.78 is 10.9. The van der Waals surface area contributed by atoms with Crippen molar-refractivity contribution in [2.45, 2.75) is 6.42 Å². The summed E-state index contributed by atoms with van der Waals surface area (Å²) in [5, 5.41) is 11.3. The van der Waals surface area contributed by atoms with Crippen molar-refractivity contribution < 1.29 is 14.1 Å². The van der Waals surface area contributed by atoms with Crippen LogP contribution in [-0.2, 0) is 10.8 Å². The lowest BCUT2D eigenvalue weighted by molar-refractivity contribution is 0.0956. The lowest BCUT2D eigenvalue weighted by Crippen LogP contribution is -2.27. The van der Waals surface area contributed by atoms with E-state index < -0.39 is 10.8 Å². The first-order chi connectivity index (χ1) is 9.13. The fraction of sp³-hybridized carbons (Fsp3) is 0.357. The summed E-state index contributed by atoms with van der Waals surface area (Å²) >= 11 is 0. The van der Waals surface area contributed by atoms with E-state index in [0.717, 1.165) is 5.56 Å². The fourth-order valence-electron chi connectivity index (χ4n) is 1.37. The summed E-state index contributed by atoms with van der Waals surface area (Å²) in [6.45, 7) is 0.420. The number of nitrogens with one attached hydrogen (secondary N) is 1. The first-order valence-corrected chi connectivity index (χ1v) is 7.64. The summed E-state index contributed by atoms with van der Waals surface area (Å²) in [4.78, 5) is 11.8. The molecule has 0 radical (unpaired) electrons. The quantitative estimate of drug-likeness (QED) is 0.773. The molecule has 2 N–H and O–H groups in total. The first-order valence-electron chi connectivity index (χ1n) is 5.91. The van der Waals surface area contributed by atoms with Gasteiger partial charge in [-0.25, -0.2) is 0 Å². The van der Waals surface area contributed by atoms with E-state index in [4.69, 9.17) is 5.11 Å². The Morgan fingerprint density at radius 2 is 2.26 bits per heavy atom. The number of hydrogen-bond acceptors (Lipinski definition) is 3. The first kappa shape index (κ1) is 15.4. The van der Waals surface area contributed by atoms with Gasteiger partial charge in [0.05, 0.1) is 6.61 Å². The number of rotatable bonds is 5. The van der Waals surface area contributed by atoms with Gasteiger partial charge in [-0.05, 0) is 18.2 Å². The Balaban J connectivity index is 2.63. The summed E-state index contributed by atoms with van der Waals surface area (Å²) in [6, 6.07) is 6.97. The van der Waals surface area contributed by atoms with Crippen molar-refractivity contribution >= 4 is 16.7 Å². The molecule has 0 spiro atoms. The van der Waals surface area contributed by atoms with E-state index in [1.807, 2.05) is 6.07 Å². The van der Waals surface area contributed by atoms with E-state index in [0.29, 0.717) is 24.3 Å². The molecular weight excluding hydrogens is 262 g/mol. The maximum Gasteiger partial charge on any atom is 0.251 e. The average Bonchev–Trinajstić information content (AvgIpc) is 2.39. The molecule has 0 fully saturated rings. The van der Waals surface area contributed by atoms with Gasteiger partial charge in [-0.15, -0.1) is 0 Å². The Bertz CT molecular complexity index is 517. The lowest BCUT2D eigenvalue weighted by Gasteiger charge is -2.04. The molecule has 0 bridgehead atoms. The van der Waals surface area contributed by atoms with E-state index in [2.05, 4.69) is 17.2 Å². The smallest absolute Gasteiger partial charge is 0.251 e. The Kier molecular flexibility index (Phi) is 6.86. The van der Waals surface area contributed by atoms with Gasteiger partial charge in [0.25, 0.3) is 5.91 Å². The zero-order chi connectivity index (χ0) is 14.1. The predicted molar refractivity (Wildman–Crippen MR) is 76.3 cm³/mol. The summed E-state index contributed by atoms with van der Waals surface area (Å²) in [5.41, 5.74) is 1.26. The molecule has 0 aliphatic rings. The van der Waals surface area contributed by atoms with Gasteiger partial charge in [-0.1, -0.05) is 17.9 Å². The molecule has 19 heavy (non-hydrogen) atoms. The van der Waals surface area contributed by atoms with Crippen LogP contribution in [0.25, 0.3) is 0 Å². The zero-order valence-electron chi connectivity index (χ0n) is 10.8. The van der Waals surface area contributed by atoms with Gasteiger partial charge in [-0.3, -0.25) is 9.00 Å². The van der Waals surface area contributed by atoms with Crippen molar-refractivity contribution in [1.29, 1.82) is 0 Å². The highest BCUT2D eigenvalue weighted by atomic mass is 32.2. The largest absolute Gasteiger partial charge is 0.395 e. The van der Waals surface area contributed by atoms with Gasteiger partial charge in [0, 0.05) is 46.9 Å². The zero-order valence-corrected chi connectivity index (χ0v) is 11.6. The summed E-state index contributed by atoms with van der Waals surface area (Å²) in [7, 11) is -0.909. The topological polar surface area (TPSA) is 66.4 Å². The molecule has 102 valence electrons. The molecular formula is C14H17NO3S. The maximum atomic E-state index is 11.8. The highest BCUT2D eigenvalue weighted by Crippen LogP contribution is 2.04. The number of hydrogen-bond donors (Lipinski definition) is 2. The monoisotopic (exact) mass is 279 g/mol. The van der Waals surface area contributed by atoms with Gasteiger partial charge >= 0.3 is 0 Å². The van der Waals surface area contributed by atoms with E-state index in [1.54, 1.807) is 24.5 Å². The van der Waals surface area contributed by atoms with Gasteiger partial charge in [-0.2, -0.15) is 0 Å². The van der Waals surface area contributed by atoms with Crippen LogP contribution in [0.1, 0.15) is 22.3 Å². The van der Waals surface area contributed by atoms with Crippen LogP contribution in [0.4, 0.5) is 0 Å². The van der Waals surface area contributed by atoms with E-state index in [1.165, 1.54) is 0 Å². The number of carbonyl (C=O) groups is 1. The van der Waals surface area contributed by atoms with Crippen LogP contribution in [0.2, 0.25) is 0 Å². The standard InChI is InChI=1S/C14H17NO3S/c1-19(18)10-8-15-14(17)13-7-4-6-12(11-13)5-2-3-9-16/h4,6-7,11,16H,3,8-10H2,1H3,(H,15,17). The predicted octanol–water partition coefficient (Wildman–Crippen LogP) is 0.529. The number of amides is 1. The van der Waals surface area contributed by atoms with Crippen molar-refractivity contribution in [1.82, 2.24) is 5.32 Å². The second-order valence-corrected chi connectivity index (χ2v) is 5.44. The van der Waals surface area contributed by atoms with Crippen LogP contribution in [0.3, 0.4) is 0 Å². The molecule has 5 heteroatoms. The van der Waals surface area contributed by atoms with Gasteiger partial charge in [0.2, 0.25) is 0 Å². The molecule has 1 amide bonds. The molecule has 1 unspecified atom stereocenters. The second-order valence-electron chi connectivity index (χ2n) is 3.89. The van der Waals surface area contributed by atoms with Crippen LogP contribution in [0, 0.1) is 11.8 Å². The number of benzene rings is 1. The van der Waals surface area contributed by atoms with Crippen LogP contribution >= 0.6 is 0 Å². The third-order valence-corrected chi connectivity index (χ3v) is 3.05. The summed E-state index contributed by atoms with van der Waals surface area (Å²) in [6.07, 6.45) is 2.02. The number of carbonyl (C=O) groups excluding carboxylic acids is 1. The van der Waals surface area contributed by atoms with Crippen LogP contribution in [0.5, 0.6) is 0 Å². The Morgan fingerprint density at radius 3 is 2.95 bits per heavy atom. The third-order valence-electron chi connectivity index (χ3n) is 2.27. The number of aliphatic hydroxyl groups excluding tert-OH is 1. The second kappa shape index (κ2) is 8.46. The van der Waals surface area contributed by atoms with E-state index >= 15 is 0 Å². The van der Waals surface area contributed by atoms with Gasteiger partial charge < -0.3 is 10.4 Å². The minimum atomic E-state index is -0.909. The molecule has 0 aromatic heterocycles. The van der Waals surface area contributed by atoms with Crippen molar-refractivity contribution in [2.75, 3.05) is 25.2 Å². The van der Waals surface area contributed by atoms with E-state index in [-0.39, 0.29) is 12.5 Å². The number of aliphatic hydroxyl groups is 1. The molecule has 0 saturated carbocycles. The van der Waals surface area contributed by atoms with Crippen LogP contribution < -0.4 is 5.32 Å². The van der Waals surface area contributed by atoms with Crippen molar-refractivity contribution in [3.63, 3.8) is 0 Å². The molecule has 0 heterocycles. The molecule has 1 aromatic rings. The molecule has 1 rings (SSSR count). The third kappa shape index (κ3) is 6.18. The highest BCUT2D eigenvalue weighted by molar-refractivity contribution is 7.84. The molecule has 1 atom stereocenters. The molecule has 0 aliphatic carbocycles.